The largest absolute Gasteiger partial charge is 0.411 e. The van der Waals surface area contributed by atoms with E-state index >= 15 is 0 Å². The number of nitrogens with zero attached hydrogens (tertiary/aromatic N) is 1. The van der Waals surface area contributed by atoms with E-state index in [9.17, 15) is 5.21 Å². The Morgan fingerprint density at radius 1 is 1.03 bits per heavy atom. The van der Waals surface area contributed by atoms with Crippen molar-refractivity contribution in [2.75, 3.05) is 0 Å². The van der Waals surface area contributed by atoms with Crippen LogP contribution in [0.2, 0.25) is 0 Å². The second kappa shape index (κ2) is 8.04. The van der Waals surface area contributed by atoms with Gasteiger partial charge >= 0.3 is 0 Å². The fourth-order valence-electron chi connectivity index (χ4n) is 8.75. The molecule has 3 fully saturated rings. The van der Waals surface area contributed by atoms with Gasteiger partial charge in [0.15, 0.2) is 0 Å². The zero-order chi connectivity index (χ0) is 20.8. The molecular weight excluding hydrogens is 354 g/mol. The number of rotatable bonds is 5. The first-order valence-electron chi connectivity index (χ1n) is 12.7. The maximum Gasteiger partial charge on any atom is 0.0795 e. The molecule has 2 nitrogen and oxygen atoms in total. The van der Waals surface area contributed by atoms with Gasteiger partial charge in [-0.1, -0.05) is 65.1 Å². The molecule has 29 heavy (non-hydrogen) atoms. The van der Waals surface area contributed by atoms with Crippen LogP contribution in [0.1, 0.15) is 98.8 Å². The van der Waals surface area contributed by atoms with Gasteiger partial charge in [0.25, 0.3) is 0 Å². The Morgan fingerprint density at radius 3 is 2.55 bits per heavy atom. The van der Waals surface area contributed by atoms with Gasteiger partial charge in [0, 0.05) is 0 Å². The maximum atomic E-state index is 9.26. The topological polar surface area (TPSA) is 32.6 Å². The number of hydrogen-bond donors (Lipinski definition) is 1. The first-order valence-corrected chi connectivity index (χ1v) is 12.7. The van der Waals surface area contributed by atoms with Crippen LogP contribution in [0.5, 0.6) is 0 Å². The van der Waals surface area contributed by atoms with Crippen LogP contribution >= 0.6 is 0 Å². The summed E-state index contributed by atoms with van der Waals surface area (Å²) in [5, 5.41) is 12.8. The third-order valence-electron chi connectivity index (χ3n) is 10.4. The summed E-state index contributed by atoms with van der Waals surface area (Å²) in [4.78, 5) is 0. The van der Waals surface area contributed by atoms with Gasteiger partial charge in [0.2, 0.25) is 0 Å². The normalized spacial score (nSPS) is 46.4. The molecule has 2 heteroatoms. The van der Waals surface area contributed by atoms with Crippen LogP contribution in [0.15, 0.2) is 17.3 Å². The van der Waals surface area contributed by atoms with Gasteiger partial charge in [-0.3, -0.25) is 0 Å². The SMILES string of the molecule is CC(C)CCC[C@@H](C)[C@H]1CC[C@H]2[C@@H]3CC[C@H]4C/C(=N/O)C=C[C@]4(C)[C@H]3CC[C@]12C. The highest BCUT2D eigenvalue weighted by atomic mass is 16.4. The quantitative estimate of drug-likeness (QED) is 0.372. The van der Waals surface area contributed by atoms with Gasteiger partial charge in [-0.15, -0.1) is 0 Å². The van der Waals surface area contributed by atoms with Gasteiger partial charge in [-0.2, -0.15) is 0 Å². The van der Waals surface area contributed by atoms with Crippen molar-refractivity contribution < 1.29 is 5.21 Å². The zero-order valence-corrected chi connectivity index (χ0v) is 19.7. The molecular formula is C27H45NO. The van der Waals surface area contributed by atoms with E-state index in [4.69, 9.17) is 0 Å². The summed E-state index contributed by atoms with van der Waals surface area (Å²) >= 11 is 0. The highest BCUT2D eigenvalue weighted by molar-refractivity contribution is 5.95. The van der Waals surface area contributed by atoms with Crippen LogP contribution < -0.4 is 0 Å². The van der Waals surface area contributed by atoms with E-state index in [0.717, 1.165) is 47.6 Å². The van der Waals surface area contributed by atoms with Crippen molar-refractivity contribution in [2.45, 2.75) is 98.8 Å². The van der Waals surface area contributed by atoms with Crippen LogP contribution in [0.25, 0.3) is 0 Å². The first kappa shape index (κ1) is 21.4. The molecule has 4 aliphatic carbocycles. The van der Waals surface area contributed by atoms with Crippen molar-refractivity contribution in [3.05, 3.63) is 12.2 Å². The van der Waals surface area contributed by atoms with E-state index in [1.165, 1.54) is 57.8 Å². The molecule has 0 aromatic carbocycles. The Labute approximate surface area is 179 Å². The Kier molecular flexibility index (Phi) is 5.95. The Bertz CT molecular complexity index is 651. The summed E-state index contributed by atoms with van der Waals surface area (Å²) in [6.45, 7) is 12.5. The Balaban J connectivity index is 1.49. The standard InChI is InChI=1S/C27H45NO/c1-18(2)7-6-8-19(3)23-11-12-24-22-10-9-20-17-21(28-29)13-15-26(20,4)25(22)14-16-27(23,24)5/h13,15,18-20,22-25,29H,6-12,14,16-17H2,1-5H3/b28-21+/t19-,20+,22+,23-,24+,25+,26+,27-/m1/s1. The second-order valence-electron chi connectivity index (χ2n) is 12.2. The molecule has 3 saturated carbocycles. The van der Waals surface area contributed by atoms with E-state index in [1.54, 1.807) is 0 Å². The van der Waals surface area contributed by atoms with E-state index in [1.807, 2.05) is 0 Å². The Morgan fingerprint density at radius 2 is 1.83 bits per heavy atom. The lowest BCUT2D eigenvalue weighted by molar-refractivity contribution is -0.0809. The third-order valence-corrected chi connectivity index (χ3v) is 10.4. The molecule has 0 spiro atoms. The lowest BCUT2D eigenvalue weighted by atomic mass is 9.45. The molecule has 0 unspecified atom stereocenters. The molecule has 4 aliphatic rings. The summed E-state index contributed by atoms with van der Waals surface area (Å²) in [6, 6.07) is 0. The summed E-state index contributed by atoms with van der Waals surface area (Å²) in [5.74, 6) is 6.06. The lowest BCUT2D eigenvalue weighted by Crippen LogP contribution is -2.52. The minimum absolute atomic E-state index is 0.319. The zero-order valence-electron chi connectivity index (χ0n) is 19.7. The smallest absolute Gasteiger partial charge is 0.0795 e. The molecule has 0 saturated heterocycles. The van der Waals surface area contributed by atoms with Gasteiger partial charge < -0.3 is 5.21 Å². The highest BCUT2D eigenvalue weighted by Crippen LogP contribution is 2.67. The number of oxime groups is 1. The lowest BCUT2D eigenvalue weighted by Gasteiger charge is -2.59. The number of hydrogen-bond acceptors (Lipinski definition) is 2. The summed E-state index contributed by atoms with van der Waals surface area (Å²) < 4.78 is 0. The maximum absolute atomic E-state index is 9.26. The predicted octanol–water partition coefficient (Wildman–Crippen LogP) is 7.71. The van der Waals surface area contributed by atoms with Crippen molar-refractivity contribution in [1.29, 1.82) is 0 Å². The molecule has 164 valence electrons. The van der Waals surface area contributed by atoms with E-state index in [0.29, 0.717) is 16.7 Å². The van der Waals surface area contributed by atoms with Gasteiger partial charge in [0.05, 0.1) is 5.71 Å². The molecule has 0 radical (unpaired) electrons. The van der Waals surface area contributed by atoms with Gasteiger partial charge in [0.1, 0.15) is 0 Å². The van der Waals surface area contributed by atoms with E-state index < -0.39 is 0 Å². The summed E-state index contributed by atoms with van der Waals surface area (Å²) in [5.41, 5.74) is 1.79. The van der Waals surface area contributed by atoms with Crippen LogP contribution in [0.3, 0.4) is 0 Å². The number of allylic oxidation sites excluding steroid dienone is 2. The number of fused-ring (bicyclic) bond motifs is 5. The monoisotopic (exact) mass is 399 g/mol. The fourth-order valence-corrected chi connectivity index (χ4v) is 8.75. The summed E-state index contributed by atoms with van der Waals surface area (Å²) in [6.07, 6.45) is 18.3. The Hall–Kier alpha value is -0.790. The minimum atomic E-state index is 0.319. The molecule has 0 aromatic rings. The van der Waals surface area contributed by atoms with Gasteiger partial charge in [-0.25, -0.2) is 0 Å². The molecule has 0 aromatic heterocycles. The van der Waals surface area contributed by atoms with Crippen molar-refractivity contribution >= 4 is 5.71 Å². The molecule has 1 N–H and O–H groups in total. The highest BCUT2D eigenvalue weighted by Gasteiger charge is 2.59. The first-order chi connectivity index (χ1) is 13.8. The molecule has 4 rings (SSSR count). The van der Waals surface area contributed by atoms with Crippen molar-refractivity contribution in [1.82, 2.24) is 0 Å². The second-order valence-corrected chi connectivity index (χ2v) is 12.2. The average Bonchev–Trinajstić information content (AvgIpc) is 3.04. The third kappa shape index (κ3) is 3.61. The van der Waals surface area contributed by atoms with E-state index in [-0.39, 0.29) is 0 Å². The van der Waals surface area contributed by atoms with Crippen LogP contribution in [0.4, 0.5) is 0 Å². The summed E-state index contributed by atoms with van der Waals surface area (Å²) in [7, 11) is 0. The molecule has 8 atom stereocenters. The van der Waals surface area contributed by atoms with Crippen molar-refractivity contribution in [2.24, 2.45) is 57.4 Å². The minimum Gasteiger partial charge on any atom is -0.411 e. The van der Waals surface area contributed by atoms with E-state index in [2.05, 4.69) is 51.9 Å². The fraction of sp³-hybridized carbons (Fsp3) is 0.889. The van der Waals surface area contributed by atoms with Crippen molar-refractivity contribution in [3.8, 4) is 0 Å². The van der Waals surface area contributed by atoms with Crippen LogP contribution in [0, 0.1) is 52.3 Å². The molecule has 0 aliphatic heterocycles. The van der Waals surface area contributed by atoms with Crippen LogP contribution in [-0.4, -0.2) is 10.9 Å². The van der Waals surface area contributed by atoms with Crippen LogP contribution in [-0.2, 0) is 0 Å². The van der Waals surface area contributed by atoms with Crippen molar-refractivity contribution in [3.63, 3.8) is 0 Å². The predicted molar refractivity (Wildman–Crippen MR) is 122 cm³/mol. The molecule has 0 amide bonds. The molecule has 0 bridgehead atoms. The molecule has 0 heterocycles. The average molecular weight is 400 g/mol. The van der Waals surface area contributed by atoms with Gasteiger partial charge in [-0.05, 0) is 103 Å².